The van der Waals surface area contributed by atoms with Gasteiger partial charge in [0.2, 0.25) is 0 Å². The second-order valence-electron chi connectivity index (χ2n) is 6.96. The average Bonchev–Trinajstić information content (AvgIpc) is 2.64. The first kappa shape index (κ1) is 24.6. The van der Waals surface area contributed by atoms with Crippen molar-refractivity contribution in [2.45, 2.75) is 91.9 Å². The van der Waals surface area contributed by atoms with E-state index in [1.807, 2.05) is 13.8 Å². The second-order valence-corrected chi connectivity index (χ2v) is 6.96. The van der Waals surface area contributed by atoms with Gasteiger partial charge < -0.3 is 9.47 Å². The van der Waals surface area contributed by atoms with Gasteiger partial charge in [0.25, 0.3) is 0 Å². The lowest BCUT2D eigenvalue weighted by atomic mass is 9.90. The summed E-state index contributed by atoms with van der Waals surface area (Å²) < 4.78 is 10.5. The Balaban J connectivity index is 4.77. The van der Waals surface area contributed by atoms with Crippen LogP contribution in [-0.4, -0.2) is 30.9 Å². The predicted octanol–water partition coefficient (Wildman–Crippen LogP) is 4.85. The third-order valence-corrected chi connectivity index (χ3v) is 4.32. The van der Waals surface area contributed by atoms with Crippen molar-refractivity contribution in [3.05, 3.63) is 0 Å². The Morgan fingerprint density at radius 1 is 0.654 bits per heavy atom. The standard InChI is InChI=1S/C21H38O5/c1-5-9-11-17(20(23)25-13-7-3)15-19(22)16-18(12-10-6-2)21(24)26-14-8-4/h17-18H,5-16H2,1-4H3. The molecule has 0 aromatic carbocycles. The largest absolute Gasteiger partial charge is 0.465 e. The highest BCUT2D eigenvalue weighted by atomic mass is 16.5. The van der Waals surface area contributed by atoms with Crippen LogP contribution in [0.3, 0.4) is 0 Å². The predicted molar refractivity (Wildman–Crippen MR) is 103 cm³/mol. The minimum atomic E-state index is -0.396. The van der Waals surface area contributed by atoms with Crippen molar-refractivity contribution in [1.82, 2.24) is 0 Å². The highest BCUT2D eigenvalue weighted by Gasteiger charge is 2.27. The molecule has 152 valence electrons. The van der Waals surface area contributed by atoms with Gasteiger partial charge in [-0.1, -0.05) is 53.4 Å². The van der Waals surface area contributed by atoms with Crippen molar-refractivity contribution in [1.29, 1.82) is 0 Å². The van der Waals surface area contributed by atoms with Crippen LogP contribution < -0.4 is 0 Å². The van der Waals surface area contributed by atoms with E-state index in [0.717, 1.165) is 38.5 Å². The zero-order valence-electron chi connectivity index (χ0n) is 17.2. The van der Waals surface area contributed by atoms with E-state index in [9.17, 15) is 14.4 Å². The quantitative estimate of drug-likeness (QED) is 0.363. The number of Topliss-reactive ketones (excluding diaryl/α,β-unsaturated/α-hetero) is 1. The van der Waals surface area contributed by atoms with Crippen molar-refractivity contribution in [2.24, 2.45) is 11.8 Å². The molecule has 0 aromatic heterocycles. The maximum absolute atomic E-state index is 12.5. The third kappa shape index (κ3) is 11.3. The van der Waals surface area contributed by atoms with E-state index < -0.39 is 11.8 Å². The maximum atomic E-state index is 12.5. The summed E-state index contributed by atoms with van der Waals surface area (Å²) in [5, 5.41) is 0. The normalized spacial score (nSPS) is 13.1. The molecule has 0 aliphatic rings. The van der Waals surface area contributed by atoms with Crippen molar-refractivity contribution in [2.75, 3.05) is 13.2 Å². The van der Waals surface area contributed by atoms with Crippen LogP contribution in [-0.2, 0) is 23.9 Å². The van der Waals surface area contributed by atoms with Crippen LogP contribution in [0.5, 0.6) is 0 Å². The summed E-state index contributed by atoms with van der Waals surface area (Å²) in [6.07, 6.45) is 6.87. The number of rotatable bonds is 16. The first-order valence-electron chi connectivity index (χ1n) is 10.3. The van der Waals surface area contributed by atoms with Crippen LogP contribution in [0, 0.1) is 11.8 Å². The van der Waals surface area contributed by atoms with E-state index >= 15 is 0 Å². The Hall–Kier alpha value is -1.39. The smallest absolute Gasteiger partial charge is 0.309 e. The van der Waals surface area contributed by atoms with E-state index in [4.69, 9.17) is 9.47 Å². The summed E-state index contributed by atoms with van der Waals surface area (Å²) in [4.78, 5) is 37.0. The molecule has 0 aliphatic carbocycles. The molecule has 0 radical (unpaired) electrons. The third-order valence-electron chi connectivity index (χ3n) is 4.32. The molecule has 0 aromatic rings. The van der Waals surface area contributed by atoms with E-state index in [0.29, 0.717) is 26.1 Å². The van der Waals surface area contributed by atoms with E-state index in [1.165, 1.54) is 0 Å². The lowest BCUT2D eigenvalue weighted by molar-refractivity contribution is -0.151. The second kappa shape index (κ2) is 15.8. The highest BCUT2D eigenvalue weighted by molar-refractivity contribution is 5.87. The Kier molecular flexibility index (Phi) is 15.0. The fraction of sp³-hybridized carbons (Fsp3) is 0.857. The summed E-state index contributed by atoms with van der Waals surface area (Å²) >= 11 is 0. The Morgan fingerprint density at radius 3 is 1.35 bits per heavy atom. The van der Waals surface area contributed by atoms with Gasteiger partial charge in [0, 0.05) is 12.8 Å². The molecule has 5 heteroatoms. The van der Waals surface area contributed by atoms with Gasteiger partial charge in [0.05, 0.1) is 25.0 Å². The van der Waals surface area contributed by atoms with Gasteiger partial charge in [-0.05, 0) is 25.7 Å². The van der Waals surface area contributed by atoms with Crippen LogP contribution >= 0.6 is 0 Å². The lowest BCUT2D eigenvalue weighted by Crippen LogP contribution is -2.25. The number of esters is 2. The number of hydrogen-bond donors (Lipinski definition) is 0. The van der Waals surface area contributed by atoms with Gasteiger partial charge >= 0.3 is 11.9 Å². The first-order chi connectivity index (χ1) is 12.5. The number of ketones is 1. The Labute approximate surface area is 159 Å². The van der Waals surface area contributed by atoms with Crippen molar-refractivity contribution < 1.29 is 23.9 Å². The summed E-state index contributed by atoms with van der Waals surface area (Å²) in [5.41, 5.74) is 0. The molecule has 0 aliphatic heterocycles. The monoisotopic (exact) mass is 370 g/mol. The maximum Gasteiger partial charge on any atom is 0.309 e. The minimum Gasteiger partial charge on any atom is -0.465 e. The number of carbonyl (C=O) groups excluding carboxylic acids is 3. The van der Waals surface area contributed by atoms with Gasteiger partial charge in [0.1, 0.15) is 5.78 Å². The molecule has 2 atom stereocenters. The summed E-state index contributed by atoms with van der Waals surface area (Å²) in [7, 11) is 0. The molecule has 0 saturated heterocycles. The zero-order chi connectivity index (χ0) is 19.8. The highest BCUT2D eigenvalue weighted by Crippen LogP contribution is 2.21. The molecule has 0 N–H and O–H groups in total. The van der Waals surface area contributed by atoms with Gasteiger partial charge in [0.15, 0.2) is 0 Å². The molecule has 0 bridgehead atoms. The van der Waals surface area contributed by atoms with Crippen LogP contribution in [0.4, 0.5) is 0 Å². The van der Waals surface area contributed by atoms with E-state index in [-0.39, 0.29) is 30.6 Å². The van der Waals surface area contributed by atoms with E-state index in [2.05, 4.69) is 13.8 Å². The van der Waals surface area contributed by atoms with Crippen molar-refractivity contribution in [3.8, 4) is 0 Å². The molecule has 0 spiro atoms. The number of ether oxygens (including phenoxy) is 2. The van der Waals surface area contributed by atoms with Gasteiger partial charge in [-0.2, -0.15) is 0 Å². The SMILES string of the molecule is CCCCC(CC(=O)CC(CCCC)C(=O)OCCC)C(=O)OCCC. The summed E-state index contributed by atoms with van der Waals surface area (Å²) in [6, 6.07) is 0. The molecule has 5 nitrogen and oxygen atoms in total. The fourth-order valence-electron chi connectivity index (χ4n) is 2.78. The van der Waals surface area contributed by atoms with E-state index in [1.54, 1.807) is 0 Å². The Bertz CT molecular complexity index is 369. The lowest BCUT2D eigenvalue weighted by Gasteiger charge is -2.18. The number of carbonyl (C=O) groups is 3. The first-order valence-corrected chi connectivity index (χ1v) is 10.3. The van der Waals surface area contributed by atoms with Crippen LogP contribution in [0.2, 0.25) is 0 Å². The van der Waals surface area contributed by atoms with Crippen LogP contribution in [0.15, 0.2) is 0 Å². The summed E-state index contributed by atoms with van der Waals surface area (Å²) in [5.74, 6) is -1.41. The van der Waals surface area contributed by atoms with Crippen LogP contribution in [0.25, 0.3) is 0 Å². The zero-order valence-corrected chi connectivity index (χ0v) is 17.2. The minimum absolute atomic E-state index is 0.0471. The van der Waals surface area contributed by atoms with Gasteiger partial charge in [-0.25, -0.2) is 0 Å². The molecule has 0 rings (SSSR count). The van der Waals surface area contributed by atoms with Gasteiger partial charge in [-0.15, -0.1) is 0 Å². The molecule has 26 heavy (non-hydrogen) atoms. The molecule has 2 unspecified atom stereocenters. The summed E-state index contributed by atoms with van der Waals surface area (Å²) in [6.45, 7) is 8.78. The van der Waals surface area contributed by atoms with Crippen molar-refractivity contribution in [3.63, 3.8) is 0 Å². The molecule has 0 amide bonds. The molecular formula is C21H38O5. The topological polar surface area (TPSA) is 69.7 Å². The average molecular weight is 371 g/mol. The molecule has 0 heterocycles. The molecule has 0 saturated carbocycles. The Morgan fingerprint density at radius 2 is 1.04 bits per heavy atom. The number of hydrogen-bond acceptors (Lipinski definition) is 5. The number of unbranched alkanes of at least 4 members (excludes halogenated alkanes) is 2. The fourth-order valence-corrected chi connectivity index (χ4v) is 2.78. The van der Waals surface area contributed by atoms with Crippen molar-refractivity contribution >= 4 is 17.7 Å². The van der Waals surface area contributed by atoms with Gasteiger partial charge in [-0.3, -0.25) is 14.4 Å². The van der Waals surface area contributed by atoms with Crippen LogP contribution in [0.1, 0.15) is 91.9 Å². The molecular weight excluding hydrogens is 332 g/mol. The molecule has 0 fully saturated rings.